The molecule has 16 atom stereocenters. The number of aromatic hydroxyl groups is 3. The summed E-state index contributed by atoms with van der Waals surface area (Å²) in [6.07, 6.45) is 20.1. The average Bonchev–Trinajstić information content (AvgIpc) is 1.39. The molecule has 9 aliphatic rings. The van der Waals surface area contributed by atoms with Gasteiger partial charge in [0.05, 0.1) is 60.2 Å². The van der Waals surface area contributed by atoms with Crippen molar-refractivity contribution in [2.45, 2.75) is 171 Å². The number of carbonyl (C=O) groups is 1. The number of nitrogens with zero attached hydrogens (tertiary/aromatic N) is 3. The topological polar surface area (TPSA) is 275 Å². The lowest BCUT2D eigenvalue weighted by atomic mass is 9.55. The second-order valence-electron chi connectivity index (χ2n) is 26.9. The van der Waals surface area contributed by atoms with E-state index in [0.717, 1.165) is 66.1 Å². The van der Waals surface area contributed by atoms with E-state index in [0.29, 0.717) is 100 Å². The summed E-state index contributed by atoms with van der Waals surface area (Å²) in [5.41, 5.74) is 8.23. The van der Waals surface area contributed by atoms with E-state index in [2.05, 4.69) is 78.0 Å². The number of phenols is 3. The molecular weight excluding hydrogens is 1130 g/mol. The van der Waals surface area contributed by atoms with Crippen LogP contribution >= 0.6 is 0 Å². The molecule has 12 N–H and O–H groups in total. The lowest BCUT2D eigenvalue weighted by Gasteiger charge is -2.57. The molecule has 19 heteroatoms. The number of nitrogens with one attached hydrogen (secondary N) is 5. The van der Waals surface area contributed by atoms with E-state index < -0.39 is 77.1 Å². The predicted molar refractivity (Wildman–Crippen MR) is 334 cm³/mol. The van der Waals surface area contributed by atoms with E-state index >= 15 is 0 Å². The summed E-state index contributed by atoms with van der Waals surface area (Å²) >= 11 is 0. The molecule has 1 spiro atoms. The van der Waals surface area contributed by atoms with E-state index in [-0.39, 0.29) is 59.8 Å². The highest BCUT2D eigenvalue weighted by Gasteiger charge is 2.61. The number of guanidine groups is 1. The highest BCUT2D eigenvalue weighted by molar-refractivity contribution is 5.83. The number of aromatic nitrogens is 3. The molecule has 14 rings (SSSR count). The van der Waals surface area contributed by atoms with E-state index in [9.17, 15) is 30.3 Å². The third-order valence-corrected chi connectivity index (χ3v) is 21.5. The molecule has 4 aliphatic carbocycles. The minimum absolute atomic E-state index is 0.0114. The van der Waals surface area contributed by atoms with Crippen molar-refractivity contribution in [3.8, 4) is 52.4 Å². The summed E-state index contributed by atoms with van der Waals surface area (Å²) in [7, 11) is 0. The van der Waals surface area contributed by atoms with E-state index in [1.54, 1.807) is 24.5 Å². The molecule has 2 aromatic carbocycles. The number of hydrogen-bond donors (Lipinski definition) is 11. The number of esters is 1. The molecule has 4 saturated carbocycles. The van der Waals surface area contributed by atoms with Crippen LogP contribution in [0.5, 0.6) is 28.7 Å². The number of hydrogen-bond acceptors (Lipinski definition) is 15. The number of aliphatic hydroxyl groups is 2. The Bertz CT molecular complexity index is 3660. The van der Waals surface area contributed by atoms with Crippen molar-refractivity contribution in [2.24, 2.45) is 51.1 Å². The Morgan fingerprint density at radius 1 is 0.966 bits per heavy atom. The minimum atomic E-state index is -1.10. The first-order valence-electron chi connectivity index (χ1n) is 32.4. The number of aromatic amines is 1. The molecule has 89 heavy (non-hydrogen) atoms. The predicted octanol–water partition coefficient (Wildman–Crippen LogP) is 7.91. The van der Waals surface area contributed by atoms with Crippen molar-refractivity contribution in [2.75, 3.05) is 19.7 Å². The Morgan fingerprint density at radius 2 is 1.85 bits per heavy atom. The Labute approximate surface area is 519 Å². The number of phenolic OH excluding ortho intramolecular Hbond substituents is 3. The molecule has 19 nitrogen and oxygen atoms in total. The first-order chi connectivity index (χ1) is 43.2. The number of nitrogens with two attached hydrogens (primary N) is 1. The molecule has 468 valence electrons. The number of fused-ring (bicyclic) bond motifs is 5. The number of benzene rings is 2. The van der Waals surface area contributed by atoms with Crippen molar-refractivity contribution in [3.05, 3.63) is 120 Å². The van der Waals surface area contributed by atoms with Gasteiger partial charge in [-0.05, 0) is 135 Å². The van der Waals surface area contributed by atoms with Gasteiger partial charge in [0.1, 0.15) is 24.6 Å². The molecule has 0 amide bonds. The van der Waals surface area contributed by atoms with Gasteiger partial charge in [-0.3, -0.25) is 20.1 Å². The number of ether oxygens (including phenoxy) is 4. The number of allylic oxidation sites excluding steroid dienone is 2. The number of rotatable bonds is 11. The Hall–Kier alpha value is -7.81. The summed E-state index contributed by atoms with van der Waals surface area (Å²) in [5, 5.41) is 76.3. The normalized spacial score (nSPS) is 35.0. The van der Waals surface area contributed by atoms with Crippen LogP contribution in [-0.4, -0.2) is 114 Å². The van der Waals surface area contributed by atoms with Gasteiger partial charge in [-0.2, -0.15) is 0 Å². The summed E-state index contributed by atoms with van der Waals surface area (Å²) in [6, 6.07) is 14.5. The number of dihydropyridines is 1. The Morgan fingerprint density at radius 3 is 2.69 bits per heavy atom. The summed E-state index contributed by atoms with van der Waals surface area (Å²) in [6.45, 7) is 2.56. The van der Waals surface area contributed by atoms with Crippen LogP contribution in [0.25, 0.3) is 10.9 Å². The minimum Gasteiger partial charge on any atom is -0.504 e. The third-order valence-electron chi connectivity index (χ3n) is 21.5. The number of H-pyrrole nitrogens is 1. The van der Waals surface area contributed by atoms with Crippen molar-refractivity contribution >= 4 is 22.8 Å². The molecule has 5 aliphatic heterocycles. The molecule has 4 bridgehead atoms. The van der Waals surface area contributed by atoms with Gasteiger partial charge >= 0.3 is 5.97 Å². The van der Waals surface area contributed by atoms with Crippen LogP contribution in [0.4, 0.5) is 0 Å². The van der Waals surface area contributed by atoms with Crippen LogP contribution in [0.1, 0.15) is 132 Å². The molecular formula is C70H83N9O10. The van der Waals surface area contributed by atoms with Crippen molar-refractivity contribution in [1.82, 2.24) is 35.8 Å². The van der Waals surface area contributed by atoms with Crippen molar-refractivity contribution in [3.63, 3.8) is 0 Å². The first kappa shape index (κ1) is 58.8. The fourth-order valence-corrected chi connectivity index (χ4v) is 17.2. The summed E-state index contributed by atoms with van der Waals surface area (Å²) in [5.74, 6) is 14.0. The standard InChI is InChI=1S/C70H83N9O10/c1-41(80)87-57-34-56(47-32-54(82)63(84)59(33-47)86-29-22-42-8-7-26-72-37-42)89-64-49(57)17-15-48-16-18-50-55-12-5-25-70(50)62(66(85)76-51-11-3-2-9-45(51)10-4-24-69(48,64)36-43-14-19-53(81)58(30-43)88-55)65(79-38-46-21-28-73-52(46)39-79)77-67(78-70)75-40-68(23-6-13-60(68)83)35-44-20-27-74-61(71)31-44/h7-8,14,19-21,26,28,30-33,37-39,45,48-51,55-57,60,62,64-66,73-74,76,81-85H,2-3,5-6,9,11-13,15,17,22-25,27,29,34-36,40,71H2,1H3,(H2,75,77,78)/t45-,48+,49+,50-,51+,55+,56+,57+,60-,62-,64-,65-,66-,68+,69-,70+/m1/s1. The fraction of sp³-hybridized carbons (Fsp3) is 0.529. The number of pyridine rings is 1. The maximum Gasteiger partial charge on any atom is 0.302 e. The van der Waals surface area contributed by atoms with E-state index in [1.165, 1.54) is 13.0 Å². The van der Waals surface area contributed by atoms with E-state index in [4.69, 9.17) is 29.7 Å². The second-order valence-corrected chi connectivity index (χ2v) is 26.9. The van der Waals surface area contributed by atoms with Gasteiger partial charge in [-0.25, -0.2) is 0 Å². The van der Waals surface area contributed by atoms with Gasteiger partial charge in [0.25, 0.3) is 0 Å². The number of aliphatic imine (C=N–C) groups is 1. The third kappa shape index (κ3) is 11.3. The first-order valence-corrected chi connectivity index (χ1v) is 32.4. The van der Waals surface area contributed by atoms with Gasteiger partial charge in [0.15, 0.2) is 29.0 Å². The van der Waals surface area contributed by atoms with Crippen LogP contribution in [-0.2, 0) is 27.1 Å². The largest absolute Gasteiger partial charge is 0.504 e. The molecule has 0 radical (unpaired) electrons. The molecule has 2 saturated heterocycles. The van der Waals surface area contributed by atoms with Crippen LogP contribution in [0.3, 0.4) is 0 Å². The number of carbonyl (C=O) groups excluding carboxylic acids is 1. The summed E-state index contributed by atoms with van der Waals surface area (Å²) < 4.78 is 29.7. The average molecular weight is 1210 g/mol. The molecule has 3 aromatic heterocycles. The van der Waals surface area contributed by atoms with Crippen LogP contribution < -0.4 is 36.5 Å². The molecule has 0 unspecified atom stereocenters. The second kappa shape index (κ2) is 24.2. The van der Waals surface area contributed by atoms with Gasteiger partial charge in [0, 0.05) is 104 Å². The van der Waals surface area contributed by atoms with Gasteiger partial charge < -0.3 is 75.7 Å². The fourth-order valence-electron chi connectivity index (χ4n) is 17.2. The molecule has 8 heterocycles. The Kier molecular flexibility index (Phi) is 16.0. The van der Waals surface area contributed by atoms with E-state index in [1.807, 2.05) is 42.6 Å². The van der Waals surface area contributed by atoms with Gasteiger partial charge in [-0.1, -0.05) is 55.2 Å². The monoisotopic (exact) mass is 1210 g/mol. The van der Waals surface area contributed by atoms with Crippen LogP contribution in [0.2, 0.25) is 0 Å². The van der Waals surface area contributed by atoms with Gasteiger partial charge in [0.2, 0.25) is 5.75 Å². The lowest BCUT2D eigenvalue weighted by Crippen LogP contribution is -2.75. The van der Waals surface area contributed by atoms with Crippen LogP contribution in [0.15, 0.2) is 108 Å². The SMILES string of the molecule is CC(=O)O[C@H]1C[C@@H](c2cc(O)c(O)c(OCCc3cccnc3)c2)O[C@@H]2[C@H]1CC[C@H]1C#C[C@@H]3[C@@H]4CCC[C@]35NC(=NC[C@@]3(CC6=CCNC(N)=C6)CCC[C@H]3O)N[C@H](n3cc6cc[nH]c6c3)[C@@H]5[C@@H](O)N[C@H]3CCCC[C@@H]3C#CC[C@@]12Cc1ccc(O)c(c1)O4. The zero-order valence-electron chi connectivity index (χ0n) is 50.5. The van der Waals surface area contributed by atoms with Crippen molar-refractivity contribution in [1.29, 1.82) is 0 Å². The maximum atomic E-state index is 13.6. The maximum absolute atomic E-state index is 13.6. The highest BCUT2D eigenvalue weighted by atomic mass is 16.6. The Balaban J connectivity index is 0.927. The number of aliphatic hydroxyl groups excluding tert-OH is 2. The van der Waals surface area contributed by atoms with Crippen LogP contribution in [0, 0.1) is 64.1 Å². The highest BCUT2D eigenvalue weighted by Crippen LogP contribution is 2.58. The lowest BCUT2D eigenvalue weighted by molar-refractivity contribution is -0.219. The zero-order valence-corrected chi connectivity index (χ0v) is 50.5. The summed E-state index contributed by atoms with van der Waals surface area (Å²) in [4.78, 5) is 26.5. The quantitative estimate of drug-likeness (QED) is 0.0341. The molecule has 5 aromatic rings. The van der Waals surface area contributed by atoms with Crippen molar-refractivity contribution < 1.29 is 49.3 Å². The smallest absolute Gasteiger partial charge is 0.302 e. The zero-order chi connectivity index (χ0) is 61.0. The molecule has 6 fully saturated rings. The van der Waals surface area contributed by atoms with Gasteiger partial charge in [-0.15, -0.1) is 5.92 Å².